The fourth-order valence-corrected chi connectivity index (χ4v) is 2.79. The molecule has 0 saturated carbocycles. The highest BCUT2D eigenvalue weighted by Crippen LogP contribution is 2.35. The Morgan fingerprint density at radius 1 is 1.47 bits per heavy atom. The maximum Gasteiger partial charge on any atom is 0.0565 e. The lowest BCUT2D eigenvalue weighted by molar-refractivity contribution is -0.0787. The van der Waals surface area contributed by atoms with E-state index >= 15 is 0 Å². The van der Waals surface area contributed by atoms with Gasteiger partial charge >= 0.3 is 0 Å². The maximum absolute atomic E-state index is 6.09. The summed E-state index contributed by atoms with van der Waals surface area (Å²) in [5.74, 6) is 0. The van der Waals surface area contributed by atoms with Crippen molar-refractivity contribution in [2.75, 3.05) is 20.2 Å². The average molecular weight is 242 g/mol. The van der Waals surface area contributed by atoms with Gasteiger partial charge in [0.25, 0.3) is 0 Å². The topological polar surface area (TPSA) is 38.5 Å². The molecule has 102 valence electrons. The fourth-order valence-electron chi connectivity index (χ4n) is 2.79. The highest BCUT2D eigenvalue weighted by Gasteiger charge is 2.42. The van der Waals surface area contributed by atoms with Crippen LogP contribution in [-0.4, -0.2) is 42.8 Å². The largest absolute Gasteiger partial charge is 0.378 e. The van der Waals surface area contributed by atoms with Gasteiger partial charge in [-0.1, -0.05) is 20.8 Å². The number of hydrogen-bond donors (Lipinski definition) is 1. The van der Waals surface area contributed by atoms with Gasteiger partial charge in [-0.05, 0) is 39.2 Å². The summed E-state index contributed by atoms with van der Waals surface area (Å²) in [6.45, 7) is 12.9. The van der Waals surface area contributed by atoms with Gasteiger partial charge in [0.2, 0.25) is 0 Å². The van der Waals surface area contributed by atoms with Crippen LogP contribution in [0.5, 0.6) is 0 Å². The predicted molar refractivity (Wildman–Crippen MR) is 73.1 cm³/mol. The van der Waals surface area contributed by atoms with Gasteiger partial charge in [-0.25, -0.2) is 0 Å². The Balaban J connectivity index is 2.85. The van der Waals surface area contributed by atoms with E-state index in [1.165, 1.54) is 0 Å². The van der Waals surface area contributed by atoms with E-state index in [1.54, 1.807) is 0 Å². The zero-order chi connectivity index (χ0) is 13.3. The highest BCUT2D eigenvalue weighted by molar-refractivity contribution is 4.98. The second-order valence-electron chi connectivity index (χ2n) is 6.72. The molecule has 3 nitrogen and oxygen atoms in total. The minimum Gasteiger partial charge on any atom is -0.378 e. The molecular weight excluding hydrogens is 212 g/mol. The van der Waals surface area contributed by atoms with Crippen molar-refractivity contribution in [1.29, 1.82) is 0 Å². The van der Waals surface area contributed by atoms with Gasteiger partial charge < -0.3 is 10.5 Å². The molecule has 1 aliphatic heterocycles. The number of nitrogens with zero attached hydrogens (tertiary/aromatic N) is 1. The number of likely N-dealkylation sites (N-methyl/N-ethyl adjacent to an activating group) is 1. The Morgan fingerprint density at radius 3 is 2.47 bits per heavy atom. The first-order chi connectivity index (χ1) is 7.73. The normalized spacial score (nSPS) is 32.8. The molecule has 1 saturated heterocycles. The van der Waals surface area contributed by atoms with Crippen LogP contribution in [0.25, 0.3) is 0 Å². The molecule has 0 radical (unpaired) electrons. The Labute approximate surface area is 107 Å². The molecule has 2 N–H and O–H groups in total. The maximum atomic E-state index is 6.09. The van der Waals surface area contributed by atoms with Gasteiger partial charge in [0.05, 0.1) is 6.10 Å². The minimum absolute atomic E-state index is 0.115. The molecule has 1 fully saturated rings. The molecule has 3 unspecified atom stereocenters. The summed E-state index contributed by atoms with van der Waals surface area (Å²) in [5.41, 5.74) is 6.48. The van der Waals surface area contributed by atoms with Crippen molar-refractivity contribution in [3.05, 3.63) is 0 Å². The minimum atomic E-state index is 0.115. The second kappa shape index (κ2) is 5.25. The summed E-state index contributed by atoms with van der Waals surface area (Å²) >= 11 is 0. The van der Waals surface area contributed by atoms with E-state index < -0.39 is 0 Å². The molecule has 0 aromatic carbocycles. The van der Waals surface area contributed by atoms with Gasteiger partial charge in [-0.2, -0.15) is 0 Å². The van der Waals surface area contributed by atoms with E-state index in [1.807, 2.05) is 0 Å². The third kappa shape index (κ3) is 3.21. The first-order valence-corrected chi connectivity index (χ1v) is 6.77. The number of nitrogens with two attached hydrogens (primary N) is 1. The van der Waals surface area contributed by atoms with E-state index in [9.17, 15) is 0 Å². The van der Waals surface area contributed by atoms with Crippen LogP contribution >= 0.6 is 0 Å². The van der Waals surface area contributed by atoms with Crippen molar-refractivity contribution >= 4 is 0 Å². The smallest absolute Gasteiger partial charge is 0.0565 e. The molecule has 0 bridgehead atoms. The van der Waals surface area contributed by atoms with Crippen LogP contribution in [0.3, 0.4) is 0 Å². The van der Waals surface area contributed by atoms with Crippen molar-refractivity contribution in [3.8, 4) is 0 Å². The van der Waals surface area contributed by atoms with Gasteiger partial charge in [-0.3, -0.25) is 4.90 Å². The third-order valence-corrected chi connectivity index (χ3v) is 4.60. The first kappa shape index (κ1) is 14.9. The Bertz CT molecular complexity index is 249. The summed E-state index contributed by atoms with van der Waals surface area (Å²) in [5, 5.41) is 0. The molecule has 0 aromatic rings. The van der Waals surface area contributed by atoms with E-state index in [0.29, 0.717) is 12.1 Å². The molecule has 3 atom stereocenters. The Kier molecular flexibility index (Phi) is 4.61. The van der Waals surface area contributed by atoms with Crippen LogP contribution in [-0.2, 0) is 4.74 Å². The van der Waals surface area contributed by atoms with Gasteiger partial charge in [0.15, 0.2) is 0 Å². The molecule has 0 amide bonds. The van der Waals surface area contributed by atoms with Crippen LogP contribution in [0.2, 0.25) is 0 Å². The van der Waals surface area contributed by atoms with E-state index in [-0.39, 0.29) is 11.0 Å². The lowest BCUT2D eigenvalue weighted by atomic mass is 9.79. The van der Waals surface area contributed by atoms with Crippen LogP contribution in [0.15, 0.2) is 0 Å². The number of rotatable bonds is 3. The molecule has 0 aromatic heterocycles. The quantitative estimate of drug-likeness (QED) is 0.825. The first-order valence-electron chi connectivity index (χ1n) is 6.77. The molecule has 1 rings (SSSR count). The van der Waals surface area contributed by atoms with Crippen molar-refractivity contribution < 1.29 is 4.74 Å². The van der Waals surface area contributed by atoms with Gasteiger partial charge in [-0.15, -0.1) is 0 Å². The lowest BCUT2D eigenvalue weighted by Gasteiger charge is -2.51. The zero-order valence-corrected chi connectivity index (χ0v) is 12.4. The van der Waals surface area contributed by atoms with Gasteiger partial charge in [0.1, 0.15) is 0 Å². The van der Waals surface area contributed by atoms with E-state index in [0.717, 1.165) is 26.0 Å². The molecule has 0 spiro atoms. The van der Waals surface area contributed by atoms with Crippen molar-refractivity contribution in [2.24, 2.45) is 11.1 Å². The number of ether oxygens (including phenoxy) is 1. The average Bonchev–Trinajstić information content (AvgIpc) is 2.25. The highest BCUT2D eigenvalue weighted by atomic mass is 16.5. The number of hydrogen-bond acceptors (Lipinski definition) is 3. The molecule has 17 heavy (non-hydrogen) atoms. The van der Waals surface area contributed by atoms with E-state index in [2.05, 4.69) is 46.6 Å². The lowest BCUT2D eigenvalue weighted by Crippen LogP contribution is -2.61. The molecule has 0 aliphatic carbocycles. The Morgan fingerprint density at radius 2 is 2.06 bits per heavy atom. The molecule has 1 heterocycles. The summed E-state index contributed by atoms with van der Waals surface area (Å²) < 4.78 is 5.67. The SMILES string of the molecule is CC1CC(CN)(N(C)C(C)C(C)(C)C)CCO1. The zero-order valence-electron chi connectivity index (χ0n) is 12.4. The summed E-state index contributed by atoms with van der Waals surface area (Å²) in [4.78, 5) is 2.49. The summed E-state index contributed by atoms with van der Waals surface area (Å²) in [7, 11) is 2.22. The van der Waals surface area contributed by atoms with Crippen molar-refractivity contribution in [3.63, 3.8) is 0 Å². The second-order valence-corrected chi connectivity index (χ2v) is 6.72. The van der Waals surface area contributed by atoms with Gasteiger partial charge in [0, 0.05) is 24.7 Å². The fraction of sp³-hybridized carbons (Fsp3) is 1.00. The Hall–Kier alpha value is -0.120. The van der Waals surface area contributed by atoms with Crippen LogP contribution < -0.4 is 5.73 Å². The van der Waals surface area contributed by atoms with Crippen LogP contribution in [0.1, 0.15) is 47.5 Å². The third-order valence-electron chi connectivity index (χ3n) is 4.60. The predicted octanol–water partition coefficient (Wildman–Crippen LogP) is 2.25. The van der Waals surface area contributed by atoms with Crippen molar-refractivity contribution in [2.45, 2.75) is 65.1 Å². The molecule has 3 heteroatoms. The van der Waals surface area contributed by atoms with Crippen LogP contribution in [0, 0.1) is 5.41 Å². The van der Waals surface area contributed by atoms with E-state index in [4.69, 9.17) is 10.5 Å². The summed E-state index contributed by atoms with van der Waals surface area (Å²) in [6, 6.07) is 0.511. The molecular formula is C14H30N2O. The van der Waals surface area contributed by atoms with Crippen molar-refractivity contribution in [1.82, 2.24) is 4.90 Å². The van der Waals surface area contributed by atoms with Crippen LogP contribution in [0.4, 0.5) is 0 Å². The standard InChI is InChI=1S/C14H30N2O/c1-11-9-14(10-15,7-8-17-11)16(6)12(2)13(3,4)5/h11-12H,7-10,15H2,1-6H3. The molecule has 1 aliphatic rings. The summed E-state index contributed by atoms with van der Waals surface area (Å²) in [6.07, 6.45) is 2.41. The monoisotopic (exact) mass is 242 g/mol.